The van der Waals surface area contributed by atoms with Gasteiger partial charge in [-0.1, -0.05) is 19.8 Å². The van der Waals surface area contributed by atoms with Crippen LogP contribution in [-0.2, 0) is 19.7 Å². The summed E-state index contributed by atoms with van der Waals surface area (Å²) >= 11 is 0. The summed E-state index contributed by atoms with van der Waals surface area (Å²) in [6.07, 6.45) is 0.981. The average Bonchev–Trinajstić information content (AvgIpc) is 2.40. The van der Waals surface area contributed by atoms with E-state index in [0.29, 0.717) is 6.42 Å². The van der Waals surface area contributed by atoms with Gasteiger partial charge in [-0.3, -0.25) is 0 Å². The van der Waals surface area contributed by atoms with Crippen LogP contribution in [0, 0.1) is 0 Å². The third-order valence-electron chi connectivity index (χ3n) is 2.77. The van der Waals surface area contributed by atoms with Gasteiger partial charge in [-0.2, -0.15) is 0 Å². The van der Waals surface area contributed by atoms with Gasteiger partial charge in [-0.05, 0) is 6.42 Å². The molecule has 5 nitrogen and oxygen atoms in total. The summed E-state index contributed by atoms with van der Waals surface area (Å²) in [4.78, 5) is 0. The number of unbranched alkanes of at least 4 members (excludes halogenated alkanes) is 2. The van der Waals surface area contributed by atoms with Crippen molar-refractivity contribution >= 4 is 19.7 Å². The van der Waals surface area contributed by atoms with E-state index in [1.807, 2.05) is 6.92 Å². The highest BCUT2D eigenvalue weighted by Crippen LogP contribution is 2.21. The van der Waals surface area contributed by atoms with Crippen molar-refractivity contribution in [1.82, 2.24) is 0 Å². The SMILES string of the molecule is CCCCCS(=O)(=O)C1CS(=O)(=O)CC1O. The highest BCUT2D eigenvalue weighted by Gasteiger charge is 2.43. The molecule has 1 fully saturated rings. The zero-order valence-electron chi connectivity index (χ0n) is 9.29. The molecule has 7 heteroatoms. The molecular weight excluding hydrogens is 252 g/mol. The molecule has 1 heterocycles. The smallest absolute Gasteiger partial charge is 0.156 e. The minimum absolute atomic E-state index is 0.0297. The van der Waals surface area contributed by atoms with Gasteiger partial charge in [-0.25, -0.2) is 16.8 Å². The molecule has 2 unspecified atom stereocenters. The van der Waals surface area contributed by atoms with Crippen LogP contribution < -0.4 is 0 Å². The lowest BCUT2D eigenvalue weighted by Gasteiger charge is -2.13. The second-order valence-corrected chi connectivity index (χ2v) is 8.75. The zero-order chi connectivity index (χ0) is 12.4. The highest BCUT2D eigenvalue weighted by atomic mass is 32.2. The van der Waals surface area contributed by atoms with Gasteiger partial charge < -0.3 is 5.11 Å². The molecule has 1 aliphatic rings. The molecule has 0 aromatic heterocycles. The summed E-state index contributed by atoms with van der Waals surface area (Å²) in [5.74, 6) is -0.884. The monoisotopic (exact) mass is 270 g/mol. The van der Waals surface area contributed by atoms with Gasteiger partial charge in [0.15, 0.2) is 19.7 Å². The van der Waals surface area contributed by atoms with Gasteiger partial charge in [0.05, 0.1) is 23.4 Å². The van der Waals surface area contributed by atoms with Crippen molar-refractivity contribution in [2.75, 3.05) is 17.3 Å². The van der Waals surface area contributed by atoms with Crippen LogP contribution in [0.2, 0.25) is 0 Å². The third-order valence-corrected chi connectivity index (χ3v) is 6.95. The Morgan fingerprint density at radius 2 is 1.88 bits per heavy atom. The molecule has 0 aromatic carbocycles. The number of hydrogen-bond acceptors (Lipinski definition) is 5. The first kappa shape index (κ1) is 13.9. The molecule has 1 aliphatic heterocycles. The van der Waals surface area contributed by atoms with E-state index in [0.717, 1.165) is 12.8 Å². The van der Waals surface area contributed by atoms with Crippen molar-refractivity contribution < 1.29 is 21.9 Å². The van der Waals surface area contributed by atoms with E-state index < -0.39 is 42.5 Å². The molecule has 0 bridgehead atoms. The molecule has 0 aliphatic carbocycles. The van der Waals surface area contributed by atoms with Crippen LogP contribution in [0.3, 0.4) is 0 Å². The Balaban J connectivity index is 2.70. The van der Waals surface area contributed by atoms with E-state index in [1.165, 1.54) is 0 Å². The minimum Gasteiger partial charge on any atom is -0.391 e. The van der Waals surface area contributed by atoms with E-state index in [-0.39, 0.29) is 5.75 Å². The van der Waals surface area contributed by atoms with Crippen molar-refractivity contribution in [1.29, 1.82) is 0 Å². The zero-order valence-corrected chi connectivity index (χ0v) is 10.9. The fraction of sp³-hybridized carbons (Fsp3) is 1.00. The van der Waals surface area contributed by atoms with Crippen LogP contribution in [-0.4, -0.2) is 50.6 Å². The molecule has 0 aromatic rings. The predicted octanol–water partition coefficient (Wildman–Crippen LogP) is -0.251. The van der Waals surface area contributed by atoms with Crippen LogP contribution in [0.25, 0.3) is 0 Å². The molecule has 1 N–H and O–H groups in total. The largest absolute Gasteiger partial charge is 0.391 e. The molecule has 0 radical (unpaired) electrons. The topological polar surface area (TPSA) is 88.5 Å². The van der Waals surface area contributed by atoms with Crippen molar-refractivity contribution in [2.45, 2.75) is 37.5 Å². The Kier molecular flexibility index (Phi) is 4.36. The second kappa shape index (κ2) is 5.01. The predicted molar refractivity (Wildman–Crippen MR) is 61.8 cm³/mol. The second-order valence-electron chi connectivity index (χ2n) is 4.26. The Morgan fingerprint density at radius 1 is 1.25 bits per heavy atom. The summed E-state index contributed by atoms with van der Waals surface area (Å²) in [5.41, 5.74) is 0. The number of rotatable bonds is 5. The lowest BCUT2D eigenvalue weighted by Crippen LogP contribution is -2.34. The van der Waals surface area contributed by atoms with Gasteiger partial charge in [0.1, 0.15) is 5.25 Å². The van der Waals surface area contributed by atoms with Gasteiger partial charge in [0.2, 0.25) is 0 Å². The van der Waals surface area contributed by atoms with Crippen molar-refractivity contribution in [3.05, 3.63) is 0 Å². The van der Waals surface area contributed by atoms with Crippen molar-refractivity contribution in [3.63, 3.8) is 0 Å². The Labute approximate surface area is 96.7 Å². The van der Waals surface area contributed by atoms with Crippen molar-refractivity contribution in [3.8, 4) is 0 Å². The lowest BCUT2D eigenvalue weighted by molar-refractivity contribution is 0.204. The van der Waals surface area contributed by atoms with Crippen LogP contribution in [0.15, 0.2) is 0 Å². The maximum atomic E-state index is 11.8. The molecule has 96 valence electrons. The van der Waals surface area contributed by atoms with Gasteiger partial charge in [0, 0.05) is 0 Å². The first-order valence-corrected chi connectivity index (χ1v) is 8.92. The standard InChI is InChI=1S/C9H18O5S2/c1-2-3-4-5-16(13,14)9-7-15(11,12)6-8(9)10/h8-10H,2-7H2,1H3. The number of hydrogen-bond donors (Lipinski definition) is 1. The van der Waals surface area contributed by atoms with Crippen molar-refractivity contribution in [2.24, 2.45) is 0 Å². The molecule has 0 amide bonds. The molecule has 1 saturated heterocycles. The summed E-state index contributed by atoms with van der Waals surface area (Å²) in [6.45, 7) is 1.96. The Hall–Kier alpha value is -0.140. The molecule has 2 atom stereocenters. The van der Waals surface area contributed by atoms with E-state index in [4.69, 9.17) is 0 Å². The first-order valence-electron chi connectivity index (χ1n) is 5.38. The van der Waals surface area contributed by atoms with Crippen LogP contribution in [0.4, 0.5) is 0 Å². The normalized spacial score (nSPS) is 29.4. The maximum Gasteiger partial charge on any atom is 0.156 e. The summed E-state index contributed by atoms with van der Waals surface area (Å²) in [6, 6.07) is 0. The summed E-state index contributed by atoms with van der Waals surface area (Å²) in [5, 5.41) is 8.34. The van der Waals surface area contributed by atoms with Gasteiger partial charge >= 0.3 is 0 Å². The minimum atomic E-state index is -3.48. The number of aliphatic hydroxyl groups is 1. The number of aliphatic hydroxyl groups excluding tert-OH is 1. The summed E-state index contributed by atoms with van der Waals surface area (Å²) < 4.78 is 46.0. The number of sulfone groups is 2. The fourth-order valence-electron chi connectivity index (χ4n) is 1.84. The van der Waals surface area contributed by atoms with Gasteiger partial charge in [0.25, 0.3) is 0 Å². The third kappa shape index (κ3) is 3.43. The molecule has 0 spiro atoms. The lowest BCUT2D eigenvalue weighted by atomic mass is 10.3. The first-order chi connectivity index (χ1) is 7.28. The summed E-state index contributed by atoms with van der Waals surface area (Å²) in [7, 11) is -6.87. The van der Waals surface area contributed by atoms with Crippen LogP contribution in [0.1, 0.15) is 26.2 Å². The Morgan fingerprint density at radius 3 is 2.31 bits per heavy atom. The van der Waals surface area contributed by atoms with E-state index in [2.05, 4.69) is 0 Å². The maximum absolute atomic E-state index is 11.8. The molecule has 1 rings (SSSR count). The van der Waals surface area contributed by atoms with Crippen LogP contribution in [0.5, 0.6) is 0 Å². The van der Waals surface area contributed by atoms with Gasteiger partial charge in [-0.15, -0.1) is 0 Å². The van der Waals surface area contributed by atoms with E-state index in [1.54, 1.807) is 0 Å². The fourth-order valence-corrected chi connectivity index (χ4v) is 6.51. The molecular formula is C9H18O5S2. The average molecular weight is 270 g/mol. The van der Waals surface area contributed by atoms with E-state index >= 15 is 0 Å². The van der Waals surface area contributed by atoms with Crippen LogP contribution >= 0.6 is 0 Å². The molecule has 0 saturated carbocycles. The Bertz CT molecular complexity index is 423. The highest BCUT2D eigenvalue weighted by molar-refractivity contribution is 7.96. The molecule has 16 heavy (non-hydrogen) atoms. The quantitative estimate of drug-likeness (QED) is 0.696. The van der Waals surface area contributed by atoms with E-state index in [9.17, 15) is 21.9 Å².